The van der Waals surface area contributed by atoms with Crippen LogP contribution in [0.2, 0.25) is 0 Å². The van der Waals surface area contributed by atoms with Crippen LogP contribution in [0.1, 0.15) is 12.0 Å². The van der Waals surface area contributed by atoms with Crippen molar-refractivity contribution < 1.29 is 14.2 Å². The summed E-state index contributed by atoms with van der Waals surface area (Å²) in [5.74, 6) is 1.06. The van der Waals surface area contributed by atoms with E-state index in [2.05, 4.69) is 16.5 Å². The van der Waals surface area contributed by atoms with Crippen LogP contribution in [-0.4, -0.2) is 44.2 Å². The molecule has 0 saturated carbocycles. The molecule has 19 heavy (non-hydrogen) atoms. The average Bonchev–Trinajstić information content (AvgIpc) is 3.09. The van der Waals surface area contributed by atoms with Gasteiger partial charge in [-0.25, -0.2) is 0 Å². The molecule has 1 aromatic rings. The minimum Gasteiger partial charge on any atom is -0.481 e. The van der Waals surface area contributed by atoms with E-state index in [0.29, 0.717) is 19.1 Å². The van der Waals surface area contributed by atoms with Crippen molar-refractivity contribution >= 4 is 11.9 Å². The Kier molecular flexibility index (Phi) is 3.16. The van der Waals surface area contributed by atoms with Crippen LogP contribution < -0.4 is 9.64 Å². The molecule has 5 nitrogen and oxygen atoms in total. The normalized spacial score (nSPS) is 21.0. The quantitative estimate of drug-likeness (QED) is 0.829. The monoisotopic (exact) mass is 262 g/mol. The molecule has 5 heteroatoms. The van der Waals surface area contributed by atoms with Gasteiger partial charge >= 0.3 is 0 Å². The van der Waals surface area contributed by atoms with Crippen LogP contribution in [0.15, 0.2) is 18.7 Å². The molecule has 1 aromatic heterocycles. The SMILES string of the molecule is C=Cc1ccc(N2CCC3(C2)OCCO3)nc1OC. The lowest BCUT2D eigenvalue weighted by atomic mass is 10.2. The highest BCUT2D eigenvalue weighted by molar-refractivity contribution is 5.57. The molecule has 0 aromatic carbocycles. The zero-order valence-corrected chi connectivity index (χ0v) is 11.1. The lowest BCUT2D eigenvalue weighted by molar-refractivity contribution is -0.137. The topological polar surface area (TPSA) is 43.8 Å². The molecule has 1 spiro atoms. The van der Waals surface area contributed by atoms with Crippen molar-refractivity contribution in [2.45, 2.75) is 12.2 Å². The van der Waals surface area contributed by atoms with E-state index >= 15 is 0 Å². The highest BCUT2D eigenvalue weighted by Crippen LogP contribution is 2.33. The lowest BCUT2D eigenvalue weighted by Gasteiger charge is -2.23. The van der Waals surface area contributed by atoms with E-state index in [0.717, 1.165) is 30.9 Å². The van der Waals surface area contributed by atoms with Crippen LogP contribution >= 0.6 is 0 Å². The third-order valence-electron chi connectivity index (χ3n) is 3.62. The van der Waals surface area contributed by atoms with E-state index in [4.69, 9.17) is 14.2 Å². The molecule has 0 atom stereocenters. The fraction of sp³-hybridized carbons (Fsp3) is 0.500. The fourth-order valence-corrected chi connectivity index (χ4v) is 2.62. The number of hydrogen-bond donors (Lipinski definition) is 0. The Balaban J connectivity index is 1.81. The van der Waals surface area contributed by atoms with Crippen LogP contribution in [-0.2, 0) is 9.47 Å². The number of pyridine rings is 1. The molecule has 3 rings (SSSR count). The Hall–Kier alpha value is -1.59. The maximum absolute atomic E-state index is 5.72. The predicted molar refractivity (Wildman–Crippen MR) is 72.3 cm³/mol. The molecule has 0 amide bonds. The first kappa shape index (κ1) is 12.4. The molecule has 0 radical (unpaired) electrons. The van der Waals surface area contributed by atoms with Gasteiger partial charge < -0.3 is 19.1 Å². The van der Waals surface area contributed by atoms with Gasteiger partial charge in [0, 0.05) is 18.5 Å². The molecule has 3 heterocycles. The van der Waals surface area contributed by atoms with E-state index in [-0.39, 0.29) is 0 Å². The summed E-state index contributed by atoms with van der Waals surface area (Å²) in [4.78, 5) is 6.69. The Morgan fingerprint density at radius 3 is 2.89 bits per heavy atom. The van der Waals surface area contributed by atoms with E-state index in [1.165, 1.54) is 0 Å². The summed E-state index contributed by atoms with van der Waals surface area (Å²) in [7, 11) is 1.62. The van der Waals surface area contributed by atoms with Gasteiger partial charge in [0.2, 0.25) is 5.88 Å². The first-order chi connectivity index (χ1) is 9.26. The highest BCUT2D eigenvalue weighted by atomic mass is 16.7. The third-order valence-corrected chi connectivity index (χ3v) is 3.62. The van der Waals surface area contributed by atoms with Crippen molar-refractivity contribution in [1.29, 1.82) is 0 Å². The maximum atomic E-state index is 5.72. The second kappa shape index (κ2) is 4.83. The highest BCUT2D eigenvalue weighted by Gasteiger charge is 2.43. The van der Waals surface area contributed by atoms with Gasteiger partial charge in [0.25, 0.3) is 0 Å². The van der Waals surface area contributed by atoms with Crippen LogP contribution in [0, 0.1) is 0 Å². The van der Waals surface area contributed by atoms with Crippen molar-refractivity contribution in [2.75, 3.05) is 38.3 Å². The lowest BCUT2D eigenvalue weighted by Crippen LogP contribution is -2.34. The van der Waals surface area contributed by atoms with Crippen molar-refractivity contribution in [2.24, 2.45) is 0 Å². The standard InChI is InChI=1S/C14H18N2O3/c1-3-11-4-5-12(15-13(11)17-2)16-7-6-14(10-16)18-8-9-19-14/h3-5H,1,6-10H2,2H3. The largest absolute Gasteiger partial charge is 0.481 e. The minimum atomic E-state index is -0.425. The molecule has 2 fully saturated rings. The van der Waals surface area contributed by atoms with E-state index < -0.39 is 5.79 Å². The summed E-state index contributed by atoms with van der Waals surface area (Å²) in [5, 5.41) is 0. The average molecular weight is 262 g/mol. The van der Waals surface area contributed by atoms with Gasteiger partial charge in [-0.3, -0.25) is 0 Å². The van der Waals surface area contributed by atoms with Crippen molar-refractivity contribution in [1.82, 2.24) is 4.98 Å². The zero-order chi connectivity index (χ0) is 13.3. The Morgan fingerprint density at radius 1 is 1.42 bits per heavy atom. The number of methoxy groups -OCH3 is 1. The van der Waals surface area contributed by atoms with Crippen LogP contribution in [0.3, 0.4) is 0 Å². The molecule has 0 unspecified atom stereocenters. The van der Waals surface area contributed by atoms with Gasteiger partial charge in [0.15, 0.2) is 5.79 Å². The maximum Gasteiger partial charge on any atom is 0.222 e. The molecule has 0 aliphatic carbocycles. The number of rotatable bonds is 3. The summed E-state index contributed by atoms with van der Waals surface area (Å²) in [6, 6.07) is 3.95. The van der Waals surface area contributed by atoms with Crippen LogP contribution in [0.5, 0.6) is 5.88 Å². The van der Waals surface area contributed by atoms with Gasteiger partial charge in [-0.05, 0) is 12.1 Å². The van der Waals surface area contributed by atoms with Crippen molar-refractivity contribution in [3.05, 3.63) is 24.3 Å². The molecule has 102 valence electrons. The summed E-state index contributed by atoms with van der Waals surface area (Å²) in [5.41, 5.74) is 0.897. The van der Waals surface area contributed by atoms with Gasteiger partial charge in [0.05, 0.1) is 26.9 Å². The second-order valence-electron chi connectivity index (χ2n) is 4.75. The van der Waals surface area contributed by atoms with E-state index in [1.807, 2.05) is 12.1 Å². The fourth-order valence-electron chi connectivity index (χ4n) is 2.62. The van der Waals surface area contributed by atoms with E-state index in [1.54, 1.807) is 13.2 Å². The van der Waals surface area contributed by atoms with Crippen molar-refractivity contribution in [3.63, 3.8) is 0 Å². The first-order valence-corrected chi connectivity index (χ1v) is 6.47. The first-order valence-electron chi connectivity index (χ1n) is 6.47. The zero-order valence-electron chi connectivity index (χ0n) is 11.1. The molecule has 2 saturated heterocycles. The molecular weight excluding hydrogens is 244 g/mol. The summed E-state index contributed by atoms with van der Waals surface area (Å²) >= 11 is 0. The molecule has 0 bridgehead atoms. The number of aromatic nitrogens is 1. The Bertz CT molecular complexity index is 484. The van der Waals surface area contributed by atoms with Gasteiger partial charge in [-0.15, -0.1) is 0 Å². The summed E-state index contributed by atoms with van der Waals surface area (Å²) < 4.78 is 16.7. The van der Waals surface area contributed by atoms with Crippen LogP contribution in [0.25, 0.3) is 6.08 Å². The molecule has 2 aliphatic rings. The van der Waals surface area contributed by atoms with E-state index in [9.17, 15) is 0 Å². The summed E-state index contributed by atoms with van der Waals surface area (Å²) in [6.45, 7) is 6.71. The summed E-state index contributed by atoms with van der Waals surface area (Å²) in [6.07, 6.45) is 2.62. The van der Waals surface area contributed by atoms with Crippen LogP contribution in [0.4, 0.5) is 5.82 Å². The number of hydrogen-bond acceptors (Lipinski definition) is 5. The number of nitrogens with zero attached hydrogens (tertiary/aromatic N) is 2. The third kappa shape index (κ3) is 2.19. The molecular formula is C14H18N2O3. The second-order valence-corrected chi connectivity index (χ2v) is 4.75. The van der Waals surface area contributed by atoms with Gasteiger partial charge in [-0.1, -0.05) is 12.7 Å². The van der Waals surface area contributed by atoms with Gasteiger partial charge in [-0.2, -0.15) is 4.98 Å². The predicted octanol–water partition coefficient (Wildman–Crippen LogP) is 1.69. The molecule has 0 N–H and O–H groups in total. The number of anilines is 1. The smallest absolute Gasteiger partial charge is 0.222 e. The Labute approximate surface area is 112 Å². The minimum absolute atomic E-state index is 0.425. The van der Waals surface area contributed by atoms with Gasteiger partial charge in [0.1, 0.15) is 5.82 Å². The van der Waals surface area contributed by atoms with Crippen molar-refractivity contribution in [3.8, 4) is 5.88 Å². The Morgan fingerprint density at radius 2 is 2.21 bits per heavy atom. The number of ether oxygens (including phenoxy) is 3. The molecule has 2 aliphatic heterocycles.